The summed E-state index contributed by atoms with van der Waals surface area (Å²) in [5.41, 5.74) is 9.50. The Bertz CT molecular complexity index is 987. The van der Waals surface area contributed by atoms with Crippen LogP contribution in [0, 0.1) is 6.42 Å². The van der Waals surface area contributed by atoms with Crippen molar-refractivity contribution in [2.24, 2.45) is 0 Å². The number of aromatic nitrogens is 4. The van der Waals surface area contributed by atoms with Crippen LogP contribution in [0.3, 0.4) is 0 Å². The molecule has 0 saturated carbocycles. The number of benzene rings is 2. The lowest BCUT2D eigenvalue weighted by Crippen LogP contribution is -1.90. The number of halogens is 1. The molecule has 0 bridgehead atoms. The lowest BCUT2D eigenvalue weighted by Gasteiger charge is -1.99. The van der Waals surface area contributed by atoms with Crippen molar-refractivity contribution in [2.45, 2.75) is 6.42 Å². The number of nitrogens with zero attached hydrogens (tertiary/aromatic N) is 2. The number of aromatic amines is 2. The van der Waals surface area contributed by atoms with Crippen molar-refractivity contribution in [3.63, 3.8) is 0 Å². The summed E-state index contributed by atoms with van der Waals surface area (Å²) in [5.74, 6) is 1.24. The van der Waals surface area contributed by atoms with E-state index in [-0.39, 0.29) is 0 Å². The number of H-pyrrole nitrogens is 2. The third-order valence-electron chi connectivity index (χ3n) is 3.92. The fourth-order valence-corrected chi connectivity index (χ4v) is 2.92. The summed E-state index contributed by atoms with van der Waals surface area (Å²) in [6.45, 7) is 0. The molecule has 0 unspecified atom stereocenters. The molecular weight excluding hydrogens is 322 g/mol. The van der Waals surface area contributed by atoms with Crippen molar-refractivity contribution in [3.8, 4) is 11.3 Å². The van der Waals surface area contributed by atoms with E-state index in [9.17, 15) is 0 Å². The van der Waals surface area contributed by atoms with Crippen LogP contribution in [-0.2, 0) is 6.42 Å². The third-order valence-corrected chi connectivity index (χ3v) is 4.19. The van der Waals surface area contributed by atoms with Gasteiger partial charge in [-0.1, -0.05) is 48.0 Å². The summed E-state index contributed by atoms with van der Waals surface area (Å²) in [5, 5.41) is 8.32. The second-order valence-corrected chi connectivity index (χ2v) is 5.93. The summed E-state index contributed by atoms with van der Waals surface area (Å²) in [7, 11) is 0. The summed E-state index contributed by atoms with van der Waals surface area (Å²) in [6.07, 6.45) is 2.82. The van der Waals surface area contributed by atoms with Crippen molar-refractivity contribution in [1.29, 1.82) is 0 Å². The highest BCUT2D eigenvalue weighted by Crippen LogP contribution is 2.29. The van der Waals surface area contributed by atoms with Crippen LogP contribution in [0.15, 0.2) is 48.5 Å². The molecule has 0 aliphatic heterocycles. The molecule has 0 aliphatic rings. The van der Waals surface area contributed by atoms with Gasteiger partial charge in [-0.15, -0.1) is 0 Å². The van der Waals surface area contributed by atoms with E-state index in [1.54, 1.807) is 0 Å². The minimum absolute atomic E-state index is 0.488. The maximum absolute atomic E-state index is 6.33. The van der Waals surface area contributed by atoms with Gasteiger partial charge in [-0.3, -0.25) is 5.10 Å². The normalized spacial score (nSPS) is 11.2. The highest BCUT2D eigenvalue weighted by atomic mass is 35.5. The second kappa shape index (κ2) is 6.02. The molecule has 2 aromatic heterocycles. The van der Waals surface area contributed by atoms with Crippen LogP contribution in [0.1, 0.15) is 11.4 Å². The standard InChI is InChI=1S/C18H15ClN5/c19-17-16(12-7-8-13-14(10-12)23-24-18(13)20)21-15(22-17)9-6-11-4-2-1-3-5-11/h1-5,7-10H,6H2,(H,21,22)(H3,20,23,24). The summed E-state index contributed by atoms with van der Waals surface area (Å²) >= 11 is 6.33. The van der Waals surface area contributed by atoms with Gasteiger partial charge in [0.1, 0.15) is 16.7 Å². The first-order chi connectivity index (χ1) is 11.7. The average molecular weight is 337 g/mol. The zero-order valence-corrected chi connectivity index (χ0v) is 13.5. The predicted octanol–water partition coefficient (Wildman–Crippen LogP) is 3.98. The molecule has 24 heavy (non-hydrogen) atoms. The number of nitrogen functional groups attached to an aromatic ring is 1. The first-order valence-electron chi connectivity index (χ1n) is 7.57. The summed E-state index contributed by atoms with van der Waals surface area (Å²) < 4.78 is 0. The Morgan fingerprint density at radius 2 is 1.96 bits per heavy atom. The second-order valence-electron chi connectivity index (χ2n) is 5.55. The Balaban J connectivity index is 1.60. The van der Waals surface area contributed by atoms with E-state index in [0.717, 1.165) is 28.7 Å². The number of hydrogen-bond donors (Lipinski definition) is 3. The fourth-order valence-electron chi connectivity index (χ4n) is 2.67. The van der Waals surface area contributed by atoms with Crippen LogP contribution in [0.5, 0.6) is 0 Å². The number of nitrogens with one attached hydrogen (secondary N) is 2. The van der Waals surface area contributed by atoms with Gasteiger partial charge in [0.25, 0.3) is 0 Å². The maximum Gasteiger partial charge on any atom is 0.153 e. The molecule has 4 rings (SSSR count). The molecule has 6 heteroatoms. The Labute approximate surface area is 143 Å². The molecule has 5 nitrogen and oxygen atoms in total. The molecule has 0 saturated heterocycles. The van der Waals surface area contributed by atoms with Crippen LogP contribution in [0.4, 0.5) is 5.82 Å². The van der Waals surface area contributed by atoms with Gasteiger partial charge in [0.15, 0.2) is 5.82 Å². The van der Waals surface area contributed by atoms with E-state index in [1.165, 1.54) is 5.56 Å². The molecule has 0 aliphatic carbocycles. The largest absolute Gasteiger partial charge is 0.382 e. The zero-order valence-electron chi connectivity index (χ0n) is 12.8. The molecule has 0 amide bonds. The molecule has 4 aromatic rings. The molecule has 0 atom stereocenters. The number of anilines is 1. The Hall–Kier alpha value is -2.79. The van der Waals surface area contributed by atoms with Crippen molar-refractivity contribution in [1.82, 2.24) is 20.2 Å². The third kappa shape index (κ3) is 2.74. The van der Waals surface area contributed by atoms with E-state index in [0.29, 0.717) is 16.7 Å². The van der Waals surface area contributed by atoms with Crippen LogP contribution < -0.4 is 5.73 Å². The molecule has 0 spiro atoms. The zero-order chi connectivity index (χ0) is 16.5. The molecule has 1 radical (unpaired) electrons. The van der Waals surface area contributed by atoms with E-state index < -0.39 is 0 Å². The molecule has 2 heterocycles. The van der Waals surface area contributed by atoms with E-state index in [2.05, 4.69) is 32.3 Å². The molecule has 2 aromatic carbocycles. The van der Waals surface area contributed by atoms with E-state index in [1.807, 2.05) is 42.8 Å². The minimum atomic E-state index is 0.488. The summed E-state index contributed by atoms with van der Waals surface area (Å²) in [6, 6.07) is 16.0. The van der Waals surface area contributed by atoms with Gasteiger partial charge in [-0.2, -0.15) is 5.10 Å². The van der Waals surface area contributed by atoms with Crippen LogP contribution in [-0.4, -0.2) is 20.2 Å². The van der Waals surface area contributed by atoms with Gasteiger partial charge in [0.05, 0.1) is 5.52 Å². The first-order valence-corrected chi connectivity index (χ1v) is 7.95. The van der Waals surface area contributed by atoms with Gasteiger partial charge >= 0.3 is 0 Å². The van der Waals surface area contributed by atoms with Gasteiger partial charge in [0, 0.05) is 17.4 Å². The lowest BCUT2D eigenvalue weighted by molar-refractivity contribution is 1.07. The number of nitrogens with two attached hydrogens (primary N) is 1. The van der Waals surface area contributed by atoms with Gasteiger partial charge < -0.3 is 10.7 Å². The Morgan fingerprint density at radius 3 is 2.79 bits per heavy atom. The van der Waals surface area contributed by atoms with Crippen LogP contribution in [0.2, 0.25) is 5.15 Å². The topological polar surface area (TPSA) is 83.4 Å². The predicted molar refractivity (Wildman–Crippen MR) is 96.6 cm³/mol. The number of rotatable bonds is 4. The summed E-state index contributed by atoms with van der Waals surface area (Å²) in [4.78, 5) is 7.72. The lowest BCUT2D eigenvalue weighted by atomic mass is 10.1. The molecule has 119 valence electrons. The first kappa shape index (κ1) is 14.8. The highest BCUT2D eigenvalue weighted by molar-refractivity contribution is 6.32. The molecule has 4 N–H and O–H groups in total. The minimum Gasteiger partial charge on any atom is -0.382 e. The van der Waals surface area contributed by atoms with Crippen molar-refractivity contribution in [3.05, 3.63) is 71.5 Å². The van der Waals surface area contributed by atoms with Crippen molar-refractivity contribution >= 4 is 28.3 Å². The van der Waals surface area contributed by atoms with E-state index in [4.69, 9.17) is 17.3 Å². The van der Waals surface area contributed by atoms with E-state index >= 15 is 0 Å². The Morgan fingerprint density at radius 1 is 1.12 bits per heavy atom. The number of imidazole rings is 1. The number of fused-ring (bicyclic) bond motifs is 1. The van der Waals surface area contributed by atoms with Crippen LogP contribution in [0.25, 0.3) is 22.2 Å². The SMILES string of the molecule is Nc1n[nH]c2cc(-c3nc([CH]Cc4ccccc4)[nH]c3Cl)ccc12. The van der Waals surface area contributed by atoms with Crippen molar-refractivity contribution < 1.29 is 0 Å². The molecular formula is C18H15ClN5. The number of hydrogen-bond acceptors (Lipinski definition) is 3. The van der Waals surface area contributed by atoms with Gasteiger partial charge in [0.2, 0.25) is 0 Å². The fraction of sp³-hybridized carbons (Fsp3) is 0.0556. The molecule has 0 fully saturated rings. The highest BCUT2D eigenvalue weighted by Gasteiger charge is 2.12. The van der Waals surface area contributed by atoms with Crippen molar-refractivity contribution in [2.75, 3.05) is 5.73 Å². The average Bonchev–Trinajstić information content (AvgIpc) is 3.17. The smallest absolute Gasteiger partial charge is 0.153 e. The van der Waals surface area contributed by atoms with Gasteiger partial charge in [-0.05, 0) is 24.1 Å². The van der Waals surface area contributed by atoms with Gasteiger partial charge in [-0.25, -0.2) is 4.98 Å². The monoisotopic (exact) mass is 336 g/mol. The maximum atomic E-state index is 6.33. The van der Waals surface area contributed by atoms with Crippen LogP contribution >= 0.6 is 11.6 Å². The Kier molecular flexibility index (Phi) is 3.70. The quantitative estimate of drug-likeness (QED) is 0.527.